The minimum Gasteiger partial charge on any atom is -0.508 e. The smallest absolute Gasteiger partial charge is 0.252 e. The van der Waals surface area contributed by atoms with Crippen LogP contribution in [0.15, 0.2) is 18.2 Å². The van der Waals surface area contributed by atoms with Gasteiger partial charge in [0, 0.05) is 11.4 Å². The number of alkyl halides is 1. The summed E-state index contributed by atoms with van der Waals surface area (Å²) >= 11 is 9.13. The maximum absolute atomic E-state index is 11.6. The second-order valence-corrected chi connectivity index (χ2v) is 5.13. The molecular formula is C10H11BrClNO2. The summed E-state index contributed by atoms with van der Waals surface area (Å²) in [5.41, 5.74) is 0.282. The van der Waals surface area contributed by atoms with Crippen LogP contribution in [0.4, 0.5) is 0 Å². The molecule has 0 aliphatic carbocycles. The first-order valence-corrected chi connectivity index (χ1v) is 5.71. The van der Waals surface area contributed by atoms with Crippen LogP contribution >= 0.6 is 27.5 Å². The van der Waals surface area contributed by atoms with Crippen LogP contribution in [0.5, 0.6) is 5.75 Å². The highest BCUT2D eigenvalue weighted by atomic mass is 79.9. The maximum Gasteiger partial charge on any atom is 0.252 e. The molecular weight excluding hydrogens is 281 g/mol. The van der Waals surface area contributed by atoms with Gasteiger partial charge < -0.3 is 10.4 Å². The Labute approximate surface area is 102 Å². The summed E-state index contributed by atoms with van der Waals surface area (Å²) in [6.07, 6.45) is 0. The number of nitrogens with one attached hydrogen (secondary N) is 1. The molecule has 0 heterocycles. The average Bonchev–Trinajstić information content (AvgIpc) is 2.18. The minimum absolute atomic E-state index is 0.0245. The number of halogens is 2. The topological polar surface area (TPSA) is 49.3 Å². The lowest BCUT2D eigenvalue weighted by Crippen LogP contribution is -2.28. The Bertz CT molecular complexity index is 368. The van der Waals surface area contributed by atoms with E-state index in [0.29, 0.717) is 11.6 Å². The van der Waals surface area contributed by atoms with E-state index in [2.05, 4.69) is 21.2 Å². The summed E-state index contributed by atoms with van der Waals surface area (Å²) in [6, 6.07) is 4.27. The van der Waals surface area contributed by atoms with Gasteiger partial charge >= 0.3 is 0 Å². The Balaban J connectivity index is 2.77. The number of carbonyl (C=O) groups is 1. The van der Waals surface area contributed by atoms with E-state index in [1.807, 2.05) is 6.92 Å². The fourth-order valence-corrected chi connectivity index (χ4v) is 1.38. The average molecular weight is 293 g/mol. The summed E-state index contributed by atoms with van der Waals surface area (Å²) < 4.78 is 0. The Morgan fingerprint density at radius 3 is 2.93 bits per heavy atom. The van der Waals surface area contributed by atoms with E-state index in [4.69, 9.17) is 11.6 Å². The first kappa shape index (κ1) is 12.3. The highest BCUT2D eigenvalue weighted by Gasteiger charge is 2.11. The largest absolute Gasteiger partial charge is 0.508 e. The molecule has 1 atom stereocenters. The van der Waals surface area contributed by atoms with E-state index >= 15 is 0 Å². The number of phenols is 1. The van der Waals surface area contributed by atoms with Gasteiger partial charge in [-0.2, -0.15) is 0 Å². The third kappa shape index (κ3) is 3.72. The van der Waals surface area contributed by atoms with Gasteiger partial charge in [0.25, 0.3) is 5.91 Å². The molecule has 1 rings (SSSR count). The molecule has 3 nitrogen and oxygen atoms in total. The van der Waals surface area contributed by atoms with Crippen molar-refractivity contribution in [3.63, 3.8) is 0 Å². The van der Waals surface area contributed by atoms with Gasteiger partial charge in [-0.15, -0.1) is 0 Å². The number of benzene rings is 1. The van der Waals surface area contributed by atoms with E-state index < -0.39 is 0 Å². The van der Waals surface area contributed by atoms with Gasteiger partial charge in [0.1, 0.15) is 5.75 Å². The predicted octanol–water partition coefficient (Wildman–Crippen LogP) is 2.56. The van der Waals surface area contributed by atoms with Crippen LogP contribution in [0.2, 0.25) is 5.02 Å². The van der Waals surface area contributed by atoms with Gasteiger partial charge in [0.05, 0.1) is 10.6 Å². The molecule has 1 aromatic rings. The minimum atomic E-state index is -0.290. The monoisotopic (exact) mass is 291 g/mol. The van der Waals surface area contributed by atoms with Crippen molar-refractivity contribution in [3.05, 3.63) is 28.8 Å². The Hall–Kier alpha value is -0.740. The highest BCUT2D eigenvalue weighted by Crippen LogP contribution is 2.20. The summed E-state index contributed by atoms with van der Waals surface area (Å²) in [4.78, 5) is 11.8. The number of carbonyl (C=O) groups excluding carboxylic acids is 1. The molecule has 1 unspecified atom stereocenters. The molecule has 0 saturated carbocycles. The van der Waals surface area contributed by atoms with Gasteiger partial charge in [-0.05, 0) is 18.2 Å². The van der Waals surface area contributed by atoms with Gasteiger partial charge in [-0.25, -0.2) is 0 Å². The summed E-state index contributed by atoms with van der Waals surface area (Å²) in [5.74, 6) is -0.265. The molecule has 1 aromatic carbocycles. The van der Waals surface area contributed by atoms with Crippen LogP contribution in [0, 0.1) is 0 Å². The number of amides is 1. The first-order chi connectivity index (χ1) is 7.00. The third-order valence-electron chi connectivity index (χ3n) is 1.74. The molecule has 0 aromatic heterocycles. The van der Waals surface area contributed by atoms with E-state index in [0.717, 1.165) is 0 Å². The molecule has 0 fully saturated rings. The van der Waals surface area contributed by atoms with Gasteiger partial charge in [-0.3, -0.25) is 4.79 Å². The molecule has 2 N–H and O–H groups in total. The van der Waals surface area contributed by atoms with Crippen LogP contribution in [0.1, 0.15) is 17.3 Å². The van der Waals surface area contributed by atoms with E-state index in [-0.39, 0.29) is 22.0 Å². The summed E-state index contributed by atoms with van der Waals surface area (Å²) in [7, 11) is 0. The van der Waals surface area contributed by atoms with Crippen molar-refractivity contribution >= 4 is 33.4 Å². The number of hydrogen-bond acceptors (Lipinski definition) is 2. The van der Waals surface area contributed by atoms with Crippen molar-refractivity contribution in [1.29, 1.82) is 0 Å². The van der Waals surface area contributed by atoms with Crippen molar-refractivity contribution in [2.75, 3.05) is 6.54 Å². The Morgan fingerprint density at radius 1 is 1.67 bits per heavy atom. The second kappa shape index (κ2) is 5.37. The third-order valence-corrected chi connectivity index (χ3v) is 2.39. The molecule has 82 valence electrons. The van der Waals surface area contributed by atoms with Crippen molar-refractivity contribution < 1.29 is 9.90 Å². The standard InChI is InChI=1S/C10H11BrClNO2/c1-6(11)5-13-10(15)8-4-7(14)2-3-9(8)12/h2-4,6,14H,5H2,1H3,(H,13,15). The molecule has 1 amide bonds. The van der Waals surface area contributed by atoms with Crippen molar-refractivity contribution in [2.24, 2.45) is 0 Å². The molecule has 0 aliphatic heterocycles. The van der Waals surface area contributed by atoms with Gasteiger partial charge in [0.15, 0.2) is 0 Å². The SMILES string of the molecule is CC(Br)CNC(=O)c1cc(O)ccc1Cl. The first-order valence-electron chi connectivity index (χ1n) is 4.41. The number of aromatic hydroxyl groups is 1. The lowest BCUT2D eigenvalue weighted by atomic mass is 10.2. The van der Waals surface area contributed by atoms with E-state index in [9.17, 15) is 9.90 Å². The zero-order valence-corrected chi connectivity index (χ0v) is 10.5. The van der Waals surface area contributed by atoms with Crippen molar-refractivity contribution in [2.45, 2.75) is 11.8 Å². The molecule has 0 saturated heterocycles. The number of hydrogen-bond donors (Lipinski definition) is 2. The molecule has 15 heavy (non-hydrogen) atoms. The highest BCUT2D eigenvalue weighted by molar-refractivity contribution is 9.09. The van der Waals surface area contributed by atoms with E-state index in [1.54, 1.807) is 0 Å². The predicted molar refractivity (Wildman–Crippen MR) is 63.8 cm³/mol. The van der Waals surface area contributed by atoms with Crippen LogP contribution in [-0.2, 0) is 0 Å². The van der Waals surface area contributed by atoms with Crippen LogP contribution in [0.25, 0.3) is 0 Å². The fraction of sp³-hybridized carbons (Fsp3) is 0.300. The molecule has 0 spiro atoms. The maximum atomic E-state index is 11.6. The molecule has 0 bridgehead atoms. The zero-order chi connectivity index (χ0) is 11.4. The molecule has 5 heteroatoms. The lowest BCUT2D eigenvalue weighted by molar-refractivity contribution is 0.0954. The number of rotatable bonds is 3. The second-order valence-electron chi connectivity index (χ2n) is 3.15. The van der Waals surface area contributed by atoms with Gasteiger partial charge in [0.2, 0.25) is 0 Å². The quantitative estimate of drug-likeness (QED) is 0.841. The Kier molecular flexibility index (Phi) is 4.42. The molecule has 0 radical (unpaired) electrons. The zero-order valence-electron chi connectivity index (χ0n) is 8.13. The van der Waals surface area contributed by atoms with Crippen molar-refractivity contribution in [3.8, 4) is 5.75 Å². The van der Waals surface area contributed by atoms with Crippen LogP contribution < -0.4 is 5.32 Å². The van der Waals surface area contributed by atoms with Crippen LogP contribution in [0.3, 0.4) is 0 Å². The normalized spacial score (nSPS) is 12.2. The lowest BCUT2D eigenvalue weighted by Gasteiger charge is -2.08. The van der Waals surface area contributed by atoms with Crippen molar-refractivity contribution in [1.82, 2.24) is 5.32 Å². The number of phenolic OH excluding ortho intramolecular Hbond substituents is 1. The van der Waals surface area contributed by atoms with Gasteiger partial charge in [-0.1, -0.05) is 34.5 Å². The summed E-state index contributed by atoms with van der Waals surface area (Å²) in [6.45, 7) is 2.43. The fourth-order valence-electron chi connectivity index (χ4n) is 1.02. The van der Waals surface area contributed by atoms with Crippen LogP contribution in [-0.4, -0.2) is 22.4 Å². The van der Waals surface area contributed by atoms with E-state index in [1.165, 1.54) is 18.2 Å². The Morgan fingerprint density at radius 2 is 2.33 bits per heavy atom. The molecule has 0 aliphatic rings. The summed E-state index contributed by atoms with van der Waals surface area (Å²) in [5, 5.41) is 12.2.